The van der Waals surface area contributed by atoms with Gasteiger partial charge in [0, 0.05) is 22.8 Å². The summed E-state index contributed by atoms with van der Waals surface area (Å²) in [6.07, 6.45) is 4.34. The van der Waals surface area contributed by atoms with Crippen molar-refractivity contribution in [2.75, 3.05) is 18.4 Å². The Bertz CT molecular complexity index is 982. The van der Waals surface area contributed by atoms with Gasteiger partial charge >= 0.3 is 0 Å². The highest BCUT2D eigenvalue weighted by atomic mass is 16.2. The van der Waals surface area contributed by atoms with Gasteiger partial charge in [-0.25, -0.2) is 0 Å². The molecular weight excluding hydrogens is 346 g/mol. The zero-order chi connectivity index (χ0) is 19.7. The summed E-state index contributed by atoms with van der Waals surface area (Å²) in [5.74, 6) is 0.638. The number of rotatable bonds is 4. The van der Waals surface area contributed by atoms with Crippen LogP contribution in [0.5, 0.6) is 0 Å². The molecule has 1 saturated heterocycles. The second-order valence-electron chi connectivity index (χ2n) is 8.08. The lowest BCUT2D eigenvalue weighted by molar-refractivity contribution is -0.121. The van der Waals surface area contributed by atoms with Gasteiger partial charge in [0.05, 0.1) is 6.04 Å². The highest BCUT2D eigenvalue weighted by molar-refractivity contribution is 5.95. The van der Waals surface area contributed by atoms with Crippen molar-refractivity contribution < 1.29 is 4.79 Å². The van der Waals surface area contributed by atoms with Crippen LogP contribution >= 0.6 is 0 Å². The van der Waals surface area contributed by atoms with Crippen LogP contribution in [-0.2, 0) is 4.79 Å². The summed E-state index contributed by atoms with van der Waals surface area (Å²) in [5, 5.41) is 4.45. The largest absolute Gasteiger partial charge is 0.361 e. The van der Waals surface area contributed by atoms with E-state index < -0.39 is 0 Å². The number of likely N-dealkylation sites (tertiary alicyclic amines) is 1. The number of fused-ring (bicyclic) bond motifs is 1. The molecule has 4 nitrogen and oxygen atoms in total. The average Bonchev–Trinajstić information content (AvgIpc) is 3.14. The molecule has 28 heavy (non-hydrogen) atoms. The number of piperidine rings is 1. The van der Waals surface area contributed by atoms with Crippen LogP contribution in [0.25, 0.3) is 10.9 Å². The lowest BCUT2D eigenvalue weighted by Gasteiger charge is -2.35. The zero-order valence-corrected chi connectivity index (χ0v) is 17.0. The number of amides is 1. The van der Waals surface area contributed by atoms with Crippen molar-refractivity contribution in [1.29, 1.82) is 0 Å². The topological polar surface area (TPSA) is 48.1 Å². The van der Waals surface area contributed by atoms with Gasteiger partial charge < -0.3 is 10.3 Å². The molecule has 2 heterocycles. The molecule has 0 spiro atoms. The maximum Gasteiger partial charge on any atom is 0.241 e. The zero-order valence-electron chi connectivity index (χ0n) is 17.0. The second kappa shape index (κ2) is 7.80. The molecule has 2 N–H and O–H groups in total. The van der Waals surface area contributed by atoms with Gasteiger partial charge in [0.15, 0.2) is 0 Å². The van der Waals surface area contributed by atoms with Crippen LogP contribution in [0.4, 0.5) is 5.69 Å². The summed E-state index contributed by atoms with van der Waals surface area (Å²) >= 11 is 0. The summed E-state index contributed by atoms with van der Waals surface area (Å²) in [4.78, 5) is 18.5. The van der Waals surface area contributed by atoms with Crippen LogP contribution in [0.15, 0.2) is 48.7 Å². The smallest absolute Gasteiger partial charge is 0.241 e. The highest BCUT2D eigenvalue weighted by Crippen LogP contribution is 2.33. The molecule has 0 bridgehead atoms. The standard InChI is InChI=1S/C24H29N3O/c1-16-8-9-22(17(2)14-16)26-24(28)18(3)27-12-10-19(11-13-27)21-15-25-23-7-5-4-6-20(21)23/h4-9,14-15,18-19,25H,10-13H2,1-3H3,(H,26,28)/t18-/m0/s1. The first-order valence-electron chi connectivity index (χ1n) is 10.2. The number of nitrogens with one attached hydrogen (secondary N) is 2. The van der Waals surface area contributed by atoms with Crippen LogP contribution in [0.3, 0.4) is 0 Å². The van der Waals surface area contributed by atoms with Crippen molar-refractivity contribution in [3.63, 3.8) is 0 Å². The molecule has 1 fully saturated rings. The maximum atomic E-state index is 12.8. The summed E-state index contributed by atoms with van der Waals surface area (Å²) in [6.45, 7) is 8.03. The minimum absolute atomic E-state index is 0.0810. The van der Waals surface area contributed by atoms with Gasteiger partial charge in [-0.05, 0) is 75.9 Å². The van der Waals surface area contributed by atoms with E-state index in [-0.39, 0.29) is 11.9 Å². The van der Waals surface area contributed by atoms with Crippen LogP contribution in [0, 0.1) is 13.8 Å². The fourth-order valence-electron chi connectivity index (χ4n) is 4.39. The molecule has 2 aromatic carbocycles. The number of anilines is 1. The van der Waals surface area contributed by atoms with E-state index in [2.05, 4.69) is 58.7 Å². The third-order valence-electron chi connectivity index (χ3n) is 6.16. The molecule has 0 radical (unpaired) electrons. The van der Waals surface area contributed by atoms with Gasteiger partial charge in [-0.15, -0.1) is 0 Å². The van der Waals surface area contributed by atoms with Crippen molar-refractivity contribution in [2.45, 2.75) is 45.6 Å². The SMILES string of the molecule is Cc1ccc(NC(=O)[C@H](C)N2CCC(c3c[nH]c4ccccc34)CC2)c(C)c1. The number of carbonyl (C=O) groups excluding carboxylic acids is 1. The summed E-state index contributed by atoms with van der Waals surface area (Å²) in [7, 11) is 0. The Labute approximate surface area is 166 Å². The van der Waals surface area contributed by atoms with Crippen molar-refractivity contribution >= 4 is 22.5 Å². The van der Waals surface area contributed by atoms with Crippen LogP contribution < -0.4 is 5.32 Å². The lowest BCUT2D eigenvalue weighted by atomic mass is 9.88. The number of aromatic nitrogens is 1. The van der Waals surface area contributed by atoms with Crippen molar-refractivity contribution in [3.05, 3.63) is 65.4 Å². The predicted octanol–water partition coefficient (Wildman–Crippen LogP) is 4.99. The number of aromatic amines is 1. The monoisotopic (exact) mass is 375 g/mol. The molecule has 0 saturated carbocycles. The van der Waals surface area contributed by atoms with E-state index in [4.69, 9.17) is 0 Å². The van der Waals surface area contributed by atoms with Gasteiger partial charge in [0.25, 0.3) is 0 Å². The Kier molecular flexibility index (Phi) is 5.23. The third-order valence-corrected chi connectivity index (χ3v) is 6.16. The molecule has 146 valence electrons. The Hall–Kier alpha value is -2.59. The minimum Gasteiger partial charge on any atom is -0.361 e. The molecule has 4 rings (SSSR count). The van der Waals surface area contributed by atoms with Crippen LogP contribution in [0.2, 0.25) is 0 Å². The Morgan fingerprint density at radius 3 is 2.64 bits per heavy atom. The minimum atomic E-state index is -0.121. The molecule has 1 aromatic heterocycles. The summed E-state index contributed by atoms with van der Waals surface area (Å²) in [6, 6.07) is 14.5. The Balaban J connectivity index is 1.38. The van der Waals surface area contributed by atoms with E-state index in [1.165, 1.54) is 22.0 Å². The molecule has 3 aromatic rings. The third kappa shape index (κ3) is 3.69. The van der Waals surface area contributed by atoms with E-state index >= 15 is 0 Å². The van der Waals surface area contributed by atoms with Gasteiger partial charge in [-0.2, -0.15) is 0 Å². The fraction of sp³-hybridized carbons (Fsp3) is 0.375. The molecule has 4 heteroatoms. The lowest BCUT2D eigenvalue weighted by Crippen LogP contribution is -2.45. The Morgan fingerprint density at radius 1 is 1.14 bits per heavy atom. The van der Waals surface area contributed by atoms with Crippen LogP contribution in [0.1, 0.15) is 42.4 Å². The highest BCUT2D eigenvalue weighted by Gasteiger charge is 2.28. The number of aryl methyl sites for hydroxylation is 2. The molecule has 1 aliphatic rings. The molecule has 1 amide bonds. The van der Waals surface area contributed by atoms with E-state index in [0.717, 1.165) is 37.2 Å². The molecule has 1 atom stereocenters. The van der Waals surface area contributed by atoms with Crippen molar-refractivity contribution in [2.24, 2.45) is 0 Å². The van der Waals surface area contributed by atoms with Crippen molar-refractivity contribution in [3.8, 4) is 0 Å². The first kappa shape index (κ1) is 18.8. The first-order chi connectivity index (χ1) is 13.5. The van der Waals surface area contributed by atoms with E-state index in [9.17, 15) is 4.79 Å². The van der Waals surface area contributed by atoms with Gasteiger partial charge in [0.1, 0.15) is 0 Å². The maximum absolute atomic E-state index is 12.8. The van der Waals surface area contributed by atoms with Gasteiger partial charge in [-0.1, -0.05) is 35.9 Å². The van der Waals surface area contributed by atoms with E-state index in [1.807, 2.05) is 26.0 Å². The molecule has 1 aliphatic heterocycles. The predicted molar refractivity (Wildman–Crippen MR) is 116 cm³/mol. The first-order valence-corrected chi connectivity index (χ1v) is 10.2. The Morgan fingerprint density at radius 2 is 1.89 bits per heavy atom. The van der Waals surface area contributed by atoms with Gasteiger partial charge in [0.2, 0.25) is 5.91 Å². The van der Waals surface area contributed by atoms with Crippen molar-refractivity contribution in [1.82, 2.24) is 9.88 Å². The number of hydrogen-bond acceptors (Lipinski definition) is 2. The molecule has 0 aliphatic carbocycles. The van der Waals surface area contributed by atoms with Crippen LogP contribution in [-0.4, -0.2) is 34.9 Å². The molecular formula is C24H29N3O. The summed E-state index contributed by atoms with van der Waals surface area (Å²) in [5.41, 5.74) is 5.86. The number of H-pyrrole nitrogens is 1. The van der Waals surface area contributed by atoms with E-state index in [0.29, 0.717) is 5.92 Å². The van der Waals surface area contributed by atoms with Gasteiger partial charge in [-0.3, -0.25) is 9.69 Å². The summed E-state index contributed by atoms with van der Waals surface area (Å²) < 4.78 is 0. The number of nitrogens with zero attached hydrogens (tertiary/aromatic N) is 1. The average molecular weight is 376 g/mol. The van der Waals surface area contributed by atoms with E-state index in [1.54, 1.807) is 0 Å². The number of hydrogen-bond donors (Lipinski definition) is 2. The number of para-hydroxylation sites is 1. The number of benzene rings is 2. The fourth-order valence-corrected chi connectivity index (χ4v) is 4.39. The normalized spacial score (nSPS) is 17.0. The second-order valence-corrected chi connectivity index (χ2v) is 8.08. The molecule has 0 unspecified atom stereocenters. The number of carbonyl (C=O) groups is 1. The quantitative estimate of drug-likeness (QED) is 0.675.